The Bertz CT molecular complexity index is 1080. The van der Waals surface area contributed by atoms with Crippen molar-refractivity contribution in [2.24, 2.45) is 7.05 Å². The van der Waals surface area contributed by atoms with Gasteiger partial charge in [-0.15, -0.1) is 0 Å². The lowest BCUT2D eigenvalue weighted by Gasteiger charge is -2.16. The number of anilines is 1. The van der Waals surface area contributed by atoms with E-state index in [9.17, 15) is 13.6 Å². The van der Waals surface area contributed by atoms with Crippen molar-refractivity contribution >= 4 is 11.7 Å². The van der Waals surface area contributed by atoms with Gasteiger partial charge in [0, 0.05) is 38.0 Å². The highest BCUT2D eigenvalue weighted by Crippen LogP contribution is 2.37. The summed E-state index contributed by atoms with van der Waals surface area (Å²) in [5, 5.41) is 14.1. The zero-order valence-corrected chi connectivity index (χ0v) is 17.7. The number of halogens is 2. The van der Waals surface area contributed by atoms with E-state index in [4.69, 9.17) is 9.47 Å². The molecule has 1 fully saturated rings. The number of hydrogen-bond acceptors (Lipinski definition) is 6. The topological polar surface area (TPSA) is 107 Å². The number of hydrogen-bond donors (Lipinski definition) is 2. The van der Waals surface area contributed by atoms with Crippen molar-refractivity contribution in [2.75, 3.05) is 12.4 Å². The van der Waals surface area contributed by atoms with E-state index in [1.165, 1.54) is 16.9 Å². The zero-order valence-electron chi connectivity index (χ0n) is 17.7. The lowest BCUT2D eigenvalue weighted by Crippen LogP contribution is -2.16. The molecule has 0 saturated heterocycles. The molecule has 0 aliphatic heterocycles. The number of nitrogens with one attached hydrogen (secondary N) is 2. The fourth-order valence-corrected chi connectivity index (χ4v) is 3.92. The summed E-state index contributed by atoms with van der Waals surface area (Å²) in [4.78, 5) is 16.3. The Balaban J connectivity index is 1.37. The molecule has 0 bridgehead atoms. The predicted molar refractivity (Wildman–Crippen MR) is 111 cm³/mol. The fourth-order valence-electron chi connectivity index (χ4n) is 3.92. The van der Waals surface area contributed by atoms with Gasteiger partial charge in [-0.05, 0) is 37.5 Å². The van der Waals surface area contributed by atoms with Crippen molar-refractivity contribution in [3.05, 3.63) is 53.2 Å². The van der Waals surface area contributed by atoms with Crippen LogP contribution >= 0.6 is 0 Å². The molecule has 1 saturated carbocycles. The number of carbonyl (C=O) groups excluding carboxylic acids is 1. The average molecular weight is 446 g/mol. The molecule has 11 heteroatoms. The van der Waals surface area contributed by atoms with Crippen molar-refractivity contribution < 1.29 is 23.0 Å². The third kappa shape index (κ3) is 4.77. The van der Waals surface area contributed by atoms with Crippen molar-refractivity contribution in [1.82, 2.24) is 25.0 Å². The smallest absolute Gasteiger partial charge is 0.284 e. The molecule has 4 rings (SSSR count). The van der Waals surface area contributed by atoms with Gasteiger partial charge in [-0.25, -0.2) is 8.78 Å². The molecule has 3 aromatic rings. The maximum atomic E-state index is 13.1. The lowest BCUT2D eigenvalue weighted by atomic mass is 10.0. The molecular formula is C21H24F2N6O3. The molecule has 1 aliphatic carbocycles. The largest absolute Gasteiger partial charge is 0.488 e. The number of ether oxygens (including phenoxy) is 2. The number of methoxy groups -OCH3 is 1. The molecule has 1 aliphatic rings. The minimum absolute atomic E-state index is 0.120. The summed E-state index contributed by atoms with van der Waals surface area (Å²) in [6.45, 7) is 0.316. The summed E-state index contributed by atoms with van der Waals surface area (Å²) >= 11 is 0. The molecule has 0 unspecified atom stereocenters. The number of aryl methyl sites for hydroxylation is 1. The standard InChI is InChI=1S/C21H24F2N6O3/c1-29-16(9-13(28-29)11-31-2)21(30)25-18-10-15(26-27-18)12-5-6-14(8-12)32-17-4-3-7-24-19(17)20(22)23/h3-4,7,9-10,12,14,20H,5-6,8,11H2,1-2H3,(H2,25,26,27,30)/t12-,14+/m0/s1. The number of H-pyrrole nitrogens is 1. The van der Waals surface area contributed by atoms with Crippen LogP contribution in [0.1, 0.15) is 59.2 Å². The Morgan fingerprint density at radius 1 is 1.38 bits per heavy atom. The summed E-state index contributed by atoms with van der Waals surface area (Å²) in [6, 6.07) is 6.55. The van der Waals surface area contributed by atoms with Crippen LogP contribution in [0, 0.1) is 0 Å². The van der Waals surface area contributed by atoms with E-state index in [1.807, 2.05) is 0 Å². The Kier molecular flexibility index (Phi) is 6.45. The van der Waals surface area contributed by atoms with Crippen LogP contribution in [0.25, 0.3) is 0 Å². The SMILES string of the molecule is COCc1cc(C(=O)Nc2cc([C@H]3CC[C@@H](Oc4cccnc4C(F)F)C3)[nH]n2)n(C)n1. The van der Waals surface area contributed by atoms with Gasteiger partial charge in [0.05, 0.1) is 18.4 Å². The zero-order chi connectivity index (χ0) is 22.7. The number of pyridine rings is 1. The van der Waals surface area contributed by atoms with E-state index in [2.05, 4.69) is 25.6 Å². The summed E-state index contributed by atoms with van der Waals surface area (Å²) in [7, 11) is 3.25. The highest BCUT2D eigenvalue weighted by molar-refractivity contribution is 6.02. The number of carbonyl (C=O) groups is 1. The molecule has 0 aromatic carbocycles. The number of amides is 1. The molecule has 32 heavy (non-hydrogen) atoms. The van der Waals surface area contributed by atoms with Crippen molar-refractivity contribution in [3.8, 4) is 5.75 Å². The third-order valence-corrected chi connectivity index (χ3v) is 5.42. The third-order valence-electron chi connectivity index (χ3n) is 5.42. The van der Waals surface area contributed by atoms with Gasteiger partial charge in [-0.1, -0.05) is 0 Å². The van der Waals surface area contributed by atoms with Crippen LogP contribution in [0.4, 0.5) is 14.6 Å². The van der Waals surface area contributed by atoms with Crippen LogP contribution in [0.3, 0.4) is 0 Å². The van der Waals surface area contributed by atoms with Crippen molar-refractivity contribution in [1.29, 1.82) is 0 Å². The Morgan fingerprint density at radius 3 is 3.00 bits per heavy atom. The van der Waals surface area contributed by atoms with Gasteiger partial charge in [0.15, 0.2) is 5.82 Å². The molecule has 3 aromatic heterocycles. The monoisotopic (exact) mass is 446 g/mol. The maximum Gasteiger partial charge on any atom is 0.284 e. The summed E-state index contributed by atoms with van der Waals surface area (Å²) < 4.78 is 38.6. The minimum Gasteiger partial charge on any atom is -0.488 e. The first-order chi connectivity index (χ1) is 15.4. The van der Waals surface area contributed by atoms with Crippen LogP contribution in [0.15, 0.2) is 30.5 Å². The summed E-state index contributed by atoms with van der Waals surface area (Å²) in [5.74, 6) is 0.310. The highest BCUT2D eigenvalue weighted by Gasteiger charge is 2.30. The molecule has 9 nitrogen and oxygen atoms in total. The molecule has 170 valence electrons. The molecular weight excluding hydrogens is 422 g/mol. The van der Waals surface area contributed by atoms with Crippen LogP contribution in [-0.4, -0.2) is 44.1 Å². The first-order valence-corrected chi connectivity index (χ1v) is 10.2. The van der Waals surface area contributed by atoms with Gasteiger partial charge >= 0.3 is 0 Å². The first-order valence-electron chi connectivity index (χ1n) is 10.2. The second-order valence-corrected chi connectivity index (χ2v) is 7.68. The number of aromatic nitrogens is 5. The summed E-state index contributed by atoms with van der Waals surface area (Å²) in [6.07, 6.45) is 0.627. The molecule has 0 radical (unpaired) electrons. The molecule has 0 spiro atoms. The minimum atomic E-state index is -2.69. The van der Waals surface area contributed by atoms with Gasteiger partial charge in [-0.2, -0.15) is 10.2 Å². The quantitative estimate of drug-likeness (QED) is 0.548. The van der Waals surface area contributed by atoms with E-state index in [1.54, 1.807) is 32.4 Å². The van der Waals surface area contributed by atoms with Crippen molar-refractivity contribution in [3.63, 3.8) is 0 Å². The Labute approximate surface area is 183 Å². The van der Waals surface area contributed by atoms with Crippen LogP contribution in [0.2, 0.25) is 0 Å². The average Bonchev–Trinajstić information content (AvgIpc) is 3.49. The van der Waals surface area contributed by atoms with Crippen LogP contribution < -0.4 is 10.1 Å². The molecule has 2 N–H and O–H groups in total. The van der Waals surface area contributed by atoms with Gasteiger partial charge in [0.2, 0.25) is 0 Å². The molecule has 1 amide bonds. The van der Waals surface area contributed by atoms with Crippen LogP contribution in [-0.2, 0) is 18.4 Å². The Morgan fingerprint density at radius 2 is 2.22 bits per heavy atom. The van der Waals surface area contributed by atoms with E-state index in [0.29, 0.717) is 30.2 Å². The van der Waals surface area contributed by atoms with Gasteiger partial charge in [0.25, 0.3) is 12.3 Å². The lowest BCUT2D eigenvalue weighted by molar-refractivity contribution is 0.101. The van der Waals surface area contributed by atoms with E-state index in [-0.39, 0.29) is 29.4 Å². The van der Waals surface area contributed by atoms with Crippen molar-refractivity contribution in [2.45, 2.75) is 44.3 Å². The summed E-state index contributed by atoms with van der Waals surface area (Å²) in [5.41, 5.74) is 1.56. The van der Waals surface area contributed by atoms with E-state index >= 15 is 0 Å². The van der Waals surface area contributed by atoms with E-state index < -0.39 is 6.43 Å². The highest BCUT2D eigenvalue weighted by atomic mass is 19.3. The number of aromatic amines is 1. The van der Waals surface area contributed by atoms with Gasteiger partial charge in [-0.3, -0.25) is 19.6 Å². The number of nitrogens with zero attached hydrogens (tertiary/aromatic N) is 4. The Hall–Kier alpha value is -3.34. The number of alkyl halides is 2. The normalized spacial score (nSPS) is 18.3. The number of rotatable bonds is 8. The predicted octanol–water partition coefficient (Wildman–Crippen LogP) is 3.59. The second kappa shape index (κ2) is 9.43. The van der Waals surface area contributed by atoms with E-state index in [0.717, 1.165) is 18.5 Å². The van der Waals surface area contributed by atoms with Gasteiger partial charge in [0.1, 0.15) is 17.1 Å². The molecule has 2 atom stereocenters. The van der Waals surface area contributed by atoms with Crippen LogP contribution in [0.5, 0.6) is 5.75 Å². The molecule has 3 heterocycles. The fraction of sp³-hybridized carbons (Fsp3) is 0.429. The first kappa shape index (κ1) is 21.9. The maximum absolute atomic E-state index is 13.1. The second-order valence-electron chi connectivity index (χ2n) is 7.68. The van der Waals surface area contributed by atoms with Gasteiger partial charge < -0.3 is 14.8 Å².